The van der Waals surface area contributed by atoms with Crippen molar-refractivity contribution < 1.29 is 34.7 Å². The number of Topliss-reactive ketones (excluding diaryl/α,β-unsaturated/α-hetero) is 1. The first-order valence-electron chi connectivity index (χ1n) is 10.6. The summed E-state index contributed by atoms with van der Waals surface area (Å²) in [5, 5.41) is 57.4. The van der Waals surface area contributed by atoms with E-state index in [1.165, 1.54) is 30.3 Å². The highest BCUT2D eigenvalue weighted by Crippen LogP contribution is 2.41. The second-order valence-corrected chi connectivity index (χ2v) is 8.77. The van der Waals surface area contributed by atoms with Gasteiger partial charge in [0.05, 0.1) is 32.1 Å². The van der Waals surface area contributed by atoms with Crippen LogP contribution in [0, 0.1) is 21.2 Å². The topological polar surface area (TPSA) is 188 Å². The molecule has 1 heterocycles. The molecule has 0 fully saturated rings. The van der Waals surface area contributed by atoms with Crippen LogP contribution in [0.15, 0.2) is 72.3 Å². The molecule has 0 spiro atoms. The van der Waals surface area contributed by atoms with E-state index in [0.717, 1.165) is 12.1 Å². The molecular weight excluding hydrogens is 545 g/mol. The van der Waals surface area contributed by atoms with Crippen LogP contribution in [-0.2, 0) is 4.74 Å². The average Bonchev–Trinajstić information content (AvgIpc) is 3.21. The lowest BCUT2D eigenvalue weighted by Gasteiger charge is -2.29. The number of anilines is 2. The van der Waals surface area contributed by atoms with Gasteiger partial charge in [-0.05, 0) is 36.4 Å². The number of carbonyl (C=O) groups excluding carboxylic acids is 2. The number of nitrogens with one attached hydrogen (secondary N) is 1. The number of carbonyl (C=O) groups is 2. The molecule has 2 atom stereocenters. The second-order valence-electron chi connectivity index (χ2n) is 7.95. The van der Waals surface area contributed by atoms with Crippen LogP contribution in [0.4, 0.5) is 17.1 Å². The van der Waals surface area contributed by atoms with Crippen molar-refractivity contribution in [3.05, 3.63) is 114 Å². The minimum Gasteiger partial charge on any atom is -0.871 e. The van der Waals surface area contributed by atoms with Gasteiger partial charge in [0.1, 0.15) is 11.8 Å². The van der Waals surface area contributed by atoms with E-state index >= 15 is 0 Å². The summed E-state index contributed by atoms with van der Waals surface area (Å²) in [6, 6.07) is 12.5. The summed E-state index contributed by atoms with van der Waals surface area (Å²) in [7, 11) is 0. The van der Waals surface area contributed by atoms with Gasteiger partial charge in [-0.25, -0.2) is 4.79 Å². The fourth-order valence-electron chi connectivity index (χ4n) is 3.88. The van der Waals surface area contributed by atoms with E-state index in [4.69, 9.17) is 33.1 Å². The first-order chi connectivity index (χ1) is 18.0. The average molecular weight is 560 g/mol. The molecule has 0 radical (unpaired) electrons. The number of fused-ring (bicyclic) bond motifs is 1. The highest BCUT2D eigenvalue weighted by molar-refractivity contribution is 6.42. The molecule has 0 bridgehead atoms. The number of nitrogens with zero attached hydrogens (tertiary/aromatic N) is 2. The van der Waals surface area contributed by atoms with Crippen LogP contribution in [0.3, 0.4) is 0 Å². The minimum atomic E-state index is -1.83. The van der Waals surface area contributed by atoms with Crippen LogP contribution >= 0.6 is 23.2 Å². The lowest BCUT2D eigenvalue weighted by molar-refractivity contribution is -0.383. The third-order valence-corrected chi connectivity index (χ3v) is 6.42. The van der Waals surface area contributed by atoms with Crippen LogP contribution in [0.25, 0.3) is 0 Å². The number of rotatable bonds is 8. The SMILES string of the molecule is O=C1OC(C(C(=O)c2ccc(Cl)c(Cl)c2)C([O-])=C(O)Nc2ccc(N([O-])O)cc2[N+](=O)[O-])c2ccccc21. The summed E-state index contributed by atoms with van der Waals surface area (Å²) in [5.74, 6) is -5.97. The van der Waals surface area contributed by atoms with Crippen molar-refractivity contribution in [1.82, 2.24) is 0 Å². The predicted octanol–water partition coefficient (Wildman–Crippen LogP) is 4.51. The molecule has 0 saturated carbocycles. The molecule has 0 aromatic heterocycles. The summed E-state index contributed by atoms with van der Waals surface area (Å²) in [6.07, 6.45) is -1.45. The van der Waals surface area contributed by atoms with E-state index in [1.807, 2.05) is 0 Å². The Balaban J connectivity index is 1.81. The zero-order valence-corrected chi connectivity index (χ0v) is 20.3. The molecule has 3 N–H and O–H groups in total. The normalized spacial score (nSPS) is 15.7. The van der Waals surface area contributed by atoms with Gasteiger partial charge in [0.25, 0.3) is 5.69 Å². The fourth-order valence-corrected chi connectivity index (χ4v) is 4.17. The molecule has 1 aliphatic heterocycles. The first kappa shape index (κ1) is 26.7. The number of nitro benzene ring substituents is 1. The third-order valence-electron chi connectivity index (χ3n) is 5.68. The Labute approximate surface area is 223 Å². The van der Waals surface area contributed by atoms with E-state index in [9.17, 15) is 35.1 Å². The van der Waals surface area contributed by atoms with E-state index in [-0.39, 0.29) is 26.7 Å². The highest BCUT2D eigenvalue weighted by Gasteiger charge is 2.41. The second kappa shape index (κ2) is 10.6. The summed E-state index contributed by atoms with van der Waals surface area (Å²) in [5.41, 5.74) is -1.46. The number of aliphatic hydroxyl groups excluding tert-OH is 1. The Kier molecular flexibility index (Phi) is 7.41. The molecule has 3 aromatic rings. The maximum Gasteiger partial charge on any atom is 0.339 e. The number of hydrogen-bond donors (Lipinski definition) is 3. The van der Waals surface area contributed by atoms with Crippen molar-refractivity contribution in [3.63, 3.8) is 0 Å². The Morgan fingerprint density at radius 3 is 2.47 bits per heavy atom. The van der Waals surface area contributed by atoms with Crippen molar-refractivity contribution in [2.45, 2.75) is 6.10 Å². The Bertz CT molecular complexity index is 1490. The van der Waals surface area contributed by atoms with Crippen molar-refractivity contribution in [2.75, 3.05) is 10.5 Å². The Hall–Kier alpha value is -4.36. The van der Waals surface area contributed by atoms with E-state index in [1.54, 1.807) is 12.1 Å². The van der Waals surface area contributed by atoms with Crippen LogP contribution < -0.4 is 15.6 Å². The zero-order chi connectivity index (χ0) is 27.7. The number of ether oxygens (including phenoxy) is 1. The van der Waals surface area contributed by atoms with E-state index < -0.39 is 62.6 Å². The van der Waals surface area contributed by atoms with Crippen LogP contribution in [0.5, 0.6) is 0 Å². The minimum absolute atomic E-state index is 0.00544. The largest absolute Gasteiger partial charge is 0.871 e. The van der Waals surface area contributed by atoms with Crippen LogP contribution in [-0.4, -0.2) is 27.0 Å². The standard InChI is InChI=1S/C24H16Cl2N3O9/c25-15-7-5-11(9-16(15)26)20(30)19(22-13-3-1-2-4-14(13)24(33)38-22)21(31)23(32)27-17-8-6-12(28(34)35)10-18(17)29(36)37/h1-10,19,22,27,31-32,34H/q-1/p-1. The van der Waals surface area contributed by atoms with Gasteiger partial charge in [-0.1, -0.05) is 47.2 Å². The summed E-state index contributed by atoms with van der Waals surface area (Å²) >= 11 is 12.0. The van der Waals surface area contributed by atoms with E-state index in [0.29, 0.717) is 6.07 Å². The molecule has 1 aliphatic rings. The van der Waals surface area contributed by atoms with Crippen molar-refractivity contribution >= 4 is 52.0 Å². The van der Waals surface area contributed by atoms with Gasteiger partial charge in [0.2, 0.25) is 0 Å². The number of aliphatic hydroxyl groups is 1. The smallest absolute Gasteiger partial charge is 0.339 e. The number of esters is 1. The lowest BCUT2D eigenvalue weighted by Crippen LogP contribution is -2.32. The van der Waals surface area contributed by atoms with Gasteiger partial charge in [0.15, 0.2) is 11.7 Å². The Morgan fingerprint density at radius 2 is 1.82 bits per heavy atom. The molecule has 2 unspecified atom stereocenters. The maximum absolute atomic E-state index is 13.6. The lowest BCUT2D eigenvalue weighted by atomic mass is 9.86. The summed E-state index contributed by atoms with van der Waals surface area (Å²) < 4.78 is 5.35. The molecule has 196 valence electrons. The van der Waals surface area contributed by atoms with Gasteiger partial charge in [-0.2, -0.15) is 0 Å². The van der Waals surface area contributed by atoms with Gasteiger partial charge in [-0.15, -0.1) is 0 Å². The number of benzene rings is 3. The molecule has 0 amide bonds. The summed E-state index contributed by atoms with van der Waals surface area (Å²) in [4.78, 5) is 36.5. The molecule has 4 rings (SSSR count). The van der Waals surface area contributed by atoms with E-state index in [2.05, 4.69) is 5.32 Å². The predicted molar refractivity (Wildman–Crippen MR) is 133 cm³/mol. The number of hydrogen-bond acceptors (Lipinski definition) is 11. The Morgan fingerprint density at radius 1 is 1.11 bits per heavy atom. The number of cyclic esters (lactones) is 1. The summed E-state index contributed by atoms with van der Waals surface area (Å²) in [6.45, 7) is 0. The van der Waals surface area contributed by atoms with Crippen molar-refractivity contribution in [1.29, 1.82) is 0 Å². The highest BCUT2D eigenvalue weighted by atomic mass is 35.5. The molecule has 3 aromatic carbocycles. The quantitative estimate of drug-likeness (QED) is 0.116. The zero-order valence-electron chi connectivity index (χ0n) is 18.8. The first-order valence-corrected chi connectivity index (χ1v) is 11.4. The fraction of sp³-hybridized carbons (Fsp3) is 0.0833. The number of ketones is 1. The van der Waals surface area contributed by atoms with Crippen LogP contribution in [0.2, 0.25) is 10.0 Å². The number of nitro groups is 1. The molecule has 0 saturated heterocycles. The van der Waals surface area contributed by atoms with Crippen molar-refractivity contribution in [3.8, 4) is 0 Å². The van der Waals surface area contributed by atoms with Crippen LogP contribution in [0.1, 0.15) is 32.4 Å². The maximum atomic E-state index is 13.6. The third kappa shape index (κ3) is 5.06. The van der Waals surface area contributed by atoms with Crippen molar-refractivity contribution in [2.24, 2.45) is 5.92 Å². The monoisotopic (exact) mass is 559 g/mol. The van der Waals surface area contributed by atoms with Gasteiger partial charge < -0.3 is 30.7 Å². The number of halogens is 2. The van der Waals surface area contributed by atoms with Gasteiger partial charge in [0, 0.05) is 17.2 Å². The van der Waals surface area contributed by atoms with Gasteiger partial charge >= 0.3 is 5.97 Å². The molecular formula is C24H15Cl2N3O9-2. The molecule has 14 heteroatoms. The molecule has 12 nitrogen and oxygen atoms in total. The van der Waals surface area contributed by atoms with Gasteiger partial charge in [-0.3, -0.25) is 20.1 Å². The molecule has 0 aliphatic carbocycles. The molecule has 38 heavy (non-hydrogen) atoms.